The summed E-state index contributed by atoms with van der Waals surface area (Å²) in [7, 11) is -4.23. The number of aromatic nitrogens is 1. The third-order valence-electron chi connectivity index (χ3n) is 4.33. The number of rotatable bonds is 8. The maximum Gasteiger partial charge on any atom is 0.433 e. The molecule has 1 aromatic rings. The minimum atomic E-state index is -4.73. The lowest BCUT2D eigenvalue weighted by atomic mass is 10.1. The second-order valence-electron chi connectivity index (χ2n) is 6.54. The molecule has 160 valence electrons. The SMILES string of the molecule is CSCC[C@H](CO)NS(=O)(=O)c1ccc(C(F)(F)F)nc1N1CCCC(O)C1. The number of anilines is 1. The van der Waals surface area contributed by atoms with Crippen LogP contribution < -0.4 is 9.62 Å². The molecule has 0 spiro atoms. The molecule has 1 aliphatic heterocycles. The van der Waals surface area contributed by atoms with Crippen molar-refractivity contribution in [2.24, 2.45) is 0 Å². The van der Waals surface area contributed by atoms with Crippen LogP contribution in [-0.2, 0) is 16.2 Å². The Morgan fingerprint density at radius 3 is 2.71 bits per heavy atom. The van der Waals surface area contributed by atoms with Gasteiger partial charge in [0.2, 0.25) is 10.0 Å². The fraction of sp³-hybridized carbons (Fsp3) is 0.688. The standard InChI is InChI=1S/C16H24F3N3O4S2/c1-27-8-6-11(10-23)21-28(25,26)13-4-5-14(16(17,18)19)20-15(13)22-7-2-3-12(24)9-22/h4-5,11-12,21,23-24H,2-3,6-10H2,1H3/t11-,12?/m1/s1. The van der Waals surface area contributed by atoms with Crippen molar-refractivity contribution < 1.29 is 31.8 Å². The molecule has 0 amide bonds. The first kappa shape index (κ1) is 23.2. The molecule has 0 bridgehead atoms. The normalized spacial score (nSPS) is 19.6. The van der Waals surface area contributed by atoms with Gasteiger partial charge in [0.15, 0.2) is 0 Å². The van der Waals surface area contributed by atoms with E-state index in [4.69, 9.17) is 0 Å². The number of aliphatic hydroxyl groups excluding tert-OH is 2. The molecule has 1 aromatic heterocycles. The van der Waals surface area contributed by atoms with Crippen LogP contribution in [0, 0.1) is 0 Å². The van der Waals surface area contributed by atoms with E-state index in [1.807, 2.05) is 6.26 Å². The average Bonchev–Trinajstić information content (AvgIpc) is 2.63. The zero-order chi connectivity index (χ0) is 20.9. The Bertz CT molecular complexity index is 762. The Hall–Kier alpha value is -1.08. The molecule has 1 unspecified atom stereocenters. The summed E-state index contributed by atoms with van der Waals surface area (Å²) in [5.74, 6) is 0.257. The average molecular weight is 444 g/mol. The Labute approximate surface area is 166 Å². The third kappa shape index (κ3) is 5.96. The van der Waals surface area contributed by atoms with Gasteiger partial charge in [0, 0.05) is 19.1 Å². The van der Waals surface area contributed by atoms with Crippen LogP contribution in [0.5, 0.6) is 0 Å². The zero-order valence-corrected chi connectivity index (χ0v) is 16.9. The fourth-order valence-corrected chi connectivity index (χ4v) is 4.85. The van der Waals surface area contributed by atoms with Gasteiger partial charge in [-0.2, -0.15) is 24.9 Å². The highest BCUT2D eigenvalue weighted by Gasteiger charge is 2.36. The van der Waals surface area contributed by atoms with Crippen molar-refractivity contribution in [2.45, 2.75) is 42.5 Å². The van der Waals surface area contributed by atoms with Crippen LogP contribution in [0.4, 0.5) is 19.0 Å². The van der Waals surface area contributed by atoms with Gasteiger partial charge in [0.05, 0.1) is 12.7 Å². The molecule has 0 aliphatic carbocycles. The minimum Gasteiger partial charge on any atom is -0.395 e. The summed E-state index contributed by atoms with van der Waals surface area (Å²) < 4.78 is 67.3. The van der Waals surface area contributed by atoms with Gasteiger partial charge in [0.1, 0.15) is 16.4 Å². The van der Waals surface area contributed by atoms with Crippen LogP contribution in [0.2, 0.25) is 0 Å². The first-order chi connectivity index (χ1) is 13.1. The van der Waals surface area contributed by atoms with Crippen molar-refractivity contribution in [3.05, 3.63) is 17.8 Å². The first-order valence-electron chi connectivity index (χ1n) is 8.72. The smallest absolute Gasteiger partial charge is 0.395 e. The van der Waals surface area contributed by atoms with E-state index in [9.17, 15) is 31.8 Å². The van der Waals surface area contributed by atoms with Gasteiger partial charge in [0.25, 0.3) is 0 Å². The number of nitrogens with zero attached hydrogens (tertiary/aromatic N) is 2. The molecule has 0 radical (unpaired) electrons. The van der Waals surface area contributed by atoms with E-state index in [2.05, 4.69) is 9.71 Å². The number of nitrogens with one attached hydrogen (secondary N) is 1. The van der Waals surface area contributed by atoms with Crippen molar-refractivity contribution in [3.8, 4) is 0 Å². The number of hydrogen-bond donors (Lipinski definition) is 3. The maximum absolute atomic E-state index is 13.1. The fourth-order valence-electron chi connectivity index (χ4n) is 2.91. The van der Waals surface area contributed by atoms with Gasteiger partial charge >= 0.3 is 6.18 Å². The predicted molar refractivity (Wildman–Crippen MR) is 101 cm³/mol. The van der Waals surface area contributed by atoms with E-state index >= 15 is 0 Å². The number of pyridine rings is 1. The summed E-state index contributed by atoms with van der Waals surface area (Å²) in [5.41, 5.74) is -1.21. The van der Waals surface area contributed by atoms with Crippen LogP contribution in [0.25, 0.3) is 0 Å². The Kier molecular flexibility index (Phi) is 7.97. The molecule has 2 rings (SSSR count). The van der Waals surface area contributed by atoms with Crippen LogP contribution >= 0.6 is 11.8 Å². The highest BCUT2D eigenvalue weighted by molar-refractivity contribution is 7.98. The summed E-state index contributed by atoms with van der Waals surface area (Å²) in [6.45, 7) is -0.165. The second-order valence-corrected chi connectivity index (χ2v) is 9.21. The van der Waals surface area contributed by atoms with E-state index in [1.54, 1.807) is 0 Å². The van der Waals surface area contributed by atoms with Gasteiger partial charge in [-0.15, -0.1) is 0 Å². The molecule has 2 atom stereocenters. The largest absolute Gasteiger partial charge is 0.433 e. The van der Waals surface area contributed by atoms with Crippen molar-refractivity contribution in [1.82, 2.24) is 9.71 Å². The first-order valence-corrected chi connectivity index (χ1v) is 11.6. The lowest BCUT2D eigenvalue weighted by Gasteiger charge is -2.32. The van der Waals surface area contributed by atoms with Gasteiger partial charge in [-0.25, -0.2) is 18.1 Å². The topological polar surface area (TPSA) is 103 Å². The van der Waals surface area contributed by atoms with E-state index in [1.165, 1.54) is 16.7 Å². The number of hydrogen-bond acceptors (Lipinski definition) is 7. The Morgan fingerprint density at radius 1 is 1.43 bits per heavy atom. The second kappa shape index (κ2) is 9.61. The monoisotopic (exact) mass is 443 g/mol. The van der Waals surface area contributed by atoms with Crippen molar-refractivity contribution in [1.29, 1.82) is 0 Å². The van der Waals surface area contributed by atoms with E-state index < -0.39 is 45.5 Å². The molecule has 1 aliphatic rings. The molecule has 3 N–H and O–H groups in total. The maximum atomic E-state index is 13.1. The van der Waals surface area contributed by atoms with E-state index in [0.29, 0.717) is 31.1 Å². The Balaban J connectivity index is 2.43. The summed E-state index contributed by atoms with van der Waals surface area (Å²) in [6.07, 6.45) is -2.33. The van der Waals surface area contributed by atoms with Gasteiger partial charge in [-0.3, -0.25) is 0 Å². The lowest BCUT2D eigenvalue weighted by Crippen LogP contribution is -2.42. The molecular formula is C16H24F3N3O4S2. The molecule has 2 heterocycles. The predicted octanol–water partition coefficient (Wildman–Crippen LogP) is 1.45. The minimum absolute atomic E-state index is 0.00721. The van der Waals surface area contributed by atoms with Crippen molar-refractivity contribution in [3.63, 3.8) is 0 Å². The molecule has 0 aromatic carbocycles. The molecule has 1 saturated heterocycles. The number of thioether (sulfide) groups is 1. The number of aliphatic hydroxyl groups is 2. The number of piperidine rings is 1. The highest BCUT2D eigenvalue weighted by atomic mass is 32.2. The van der Waals surface area contributed by atoms with Crippen LogP contribution in [-0.4, -0.2) is 67.5 Å². The van der Waals surface area contributed by atoms with Gasteiger partial charge in [-0.05, 0) is 43.4 Å². The number of sulfonamides is 1. The van der Waals surface area contributed by atoms with Gasteiger partial charge in [-0.1, -0.05) is 0 Å². The van der Waals surface area contributed by atoms with Crippen LogP contribution in [0.1, 0.15) is 25.0 Å². The van der Waals surface area contributed by atoms with Crippen molar-refractivity contribution >= 4 is 27.6 Å². The van der Waals surface area contributed by atoms with Crippen LogP contribution in [0.3, 0.4) is 0 Å². The van der Waals surface area contributed by atoms with Crippen LogP contribution in [0.15, 0.2) is 17.0 Å². The van der Waals surface area contributed by atoms with E-state index in [0.717, 1.165) is 6.07 Å². The summed E-state index contributed by atoms with van der Waals surface area (Å²) in [4.78, 5) is 4.52. The summed E-state index contributed by atoms with van der Waals surface area (Å²) in [6, 6.07) is 0.728. The Morgan fingerprint density at radius 2 is 2.14 bits per heavy atom. The molecule has 1 fully saturated rings. The summed E-state index contributed by atoms with van der Waals surface area (Å²) >= 11 is 1.48. The molecule has 0 saturated carbocycles. The quantitative estimate of drug-likeness (QED) is 0.559. The van der Waals surface area contributed by atoms with E-state index in [-0.39, 0.29) is 18.9 Å². The third-order valence-corrected chi connectivity index (χ3v) is 6.51. The summed E-state index contributed by atoms with van der Waals surface area (Å²) in [5, 5.41) is 19.3. The molecule has 7 nitrogen and oxygen atoms in total. The number of β-amino-alcohol motifs (C(OH)–C–C–N with tert-alkyl or cyclic N) is 1. The molecular weight excluding hydrogens is 419 g/mol. The highest BCUT2D eigenvalue weighted by Crippen LogP contribution is 2.33. The molecule has 28 heavy (non-hydrogen) atoms. The molecule has 12 heteroatoms. The number of alkyl halides is 3. The lowest BCUT2D eigenvalue weighted by molar-refractivity contribution is -0.141. The number of halogens is 3. The van der Waals surface area contributed by atoms with Gasteiger partial charge < -0.3 is 15.1 Å². The zero-order valence-electron chi connectivity index (χ0n) is 15.3. The van der Waals surface area contributed by atoms with Crippen molar-refractivity contribution in [2.75, 3.05) is 36.6 Å².